The van der Waals surface area contributed by atoms with Crippen LogP contribution in [0.3, 0.4) is 0 Å². The van der Waals surface area contributed by atoms with Crippen LogP contribution in [0.25, 0.3) is 0 Å². The van der Waals surface area contributed by atoms with Crippen LogP contribution in [0.1, 0.15) is 5.56 Å². The Morgan fingerprint density at radius 3 is 2.07 bits per heavy atom. The lowest BCUT2D eigenvalue weighted by Crippen LogP contribution is -2.36. The molecule has 0 saturated carbocycles. The van der Waals surface area contributed by atoms with Gasteiger partial charge in [0.25, 0.3) is 0 Å². The highest BCUT2D eigenvalue weighted by Crippen LogP contribution is 2.38. The van der Waals surface area contributed by atoms with Gasteiger partial charge in [0.2, 0.25) is 21.7 Å². The molecule has 0 aromatic heterocycles. The van der Waals surface area contributed by atoms with Gasteiger partial charge in [0.15, 0.2) is 11.5 Å². The lowest BCUT2D eigenvalue weighted by Gasteiger charge is -2.14. The second-order valence-electron chi connectivity index (χ2n) is 5.59. The summed E-state index contributed by atoms with van der Waals surface area (Å²) in [4.78, 5) is 11.9. The predicted molar refractivity (Wildman–Crippen MR) is 99.5 cm³/mol. The molecular weight excluding hydrogens is 391 g/mol. The zero-order chi connectivity index (χ0) is 20.7. The van der Waals surface area contributed by atoms with Crippen LogP contribution in [0.5, 0.6) is 17.2 Å². The molecule has 0 radical (unpaired) electrons. The van der Waals surface area contributed by atoms with E-state index < -0.39 is 28.3 Å². The van der Waals surface area contributed by atoms with Gasteiger partial charge in [-0.15, -0.1) is 0 Å². The average Bonchev–Trinajstić information content (AvgIpc) is 2.70. The van der Waals surface area contributed by atoms with E-state index in [2.05, 4.69) is 10.0 Å². The fraction of sp³-hybridized carbons (Fsp3) is 0.278. The summed E-state index contributed by atoms with van der Waals surface area (Å²) in [6.07, 6.45) is 0. The number of carbonyl (C=O) groups is 1. The minimum Gasteiger partial charge on any atom is -0.493 e. The highest BCUT2D eigenvalue weighted by Gasteiger charge is 2.16. The van der Waals surface area contributed by atoms with Crippen molar-refractivity contribution in [2.45, 2.75) is 11.4 Å². The number of methoxy groups -OCH3 is 3. The van der Waals surface area contributed by atoms with Crippen molar-refractivity contribution in [3.8, 4) is 17.2 Å². The number of halogens is 1. The molecule has 2 rings (SSSR count). The van der Waals surface area contributed by atoms with Crippen molar-refractivity contribution in [3.63, 3.8) is 0 Å². The Labute approximate surface area is 162 Å². The smallest absolute Gasteiger partial charge is 0.241 e. The van der Waals surface area contributed by atoms with Crippen LogP contribution >= 0.6 is 0 Å². The van der Waals surface area contributed by atoms with Gasteiger partial charge in [-0.3, -0.25) is 4.79 Å². The third-order valence-corrected chi connectivity index (χ3v) is 5.18. The van der Waals surface area contributed by atoms with Crippen LogP contribution in [-0.2, 0) is 21.4 Å². The number of benzene rings is 2. The molecular formula is C18H21FN2O6S. The maximum atomic E-state index is 12.9. The SMILES string of the molecule is COc1cc(CNC(=O)CNS(=O)(=O)c2ccc(F)cc2)cc(OC)c1OC. The van der Waals surface area contributed by atoms with Crippen LogP contribution in [0, 0.1) is 5.82 Å². The molecule has 8 nitrogen and oxygen atoms in total. The van der Waals surface area contributed by atoms with Crippen LogP contribution in [-0.4, -0.2) is 42.2 Å². The monoisotopic (exact) mass is 412 g/mol. The highest BCUT2D eigenvalue weighted by atomic mass is 32.2. The third kappa shape index (κ3) is 5.33. The Morgan fingerprint density at radius 1 is 1.00 bits per heavy atom. The number of carbonyl (C=O) groups excluding carboxylic acids is 1. The zero-order valence-corrected chi connectivity index (χ0v) is 16.4. The van der Waals surface area contributed by atoms with Crippen LogP contribution in [0.4, 0.5) is 4.39 Å². The van der Waals surface area contributed by atoms with Gasteiger partial charge in [0, 0.05) is 6.54 Å². The molecule has 1 amide bonds. The van der Waals surface area contributed by atoms with Crippen molar-refractivity contribution in [2.24, 2.45) is 0 Å². The minimum atomic E-state index is -3.92. The molecule has 0 bridgehead atoms. The summed E-state index contributed by atoms with van der Waals surface area (Å²) in [5, 5.41) is 2.59. The summed E-state index contributed by atoms with van der Waals surface area (Å²) >= 11 is 0. The molecule has 0 fully saturated rings. The van der Waals surface area contributed by atoms with Crippen molar-refractivity contribution in [2.75, 3.05) is 27.9 Å². The van der Waals surface area contributed by atoms with E-state index in [4.69, 9.17) is 14.2 Å². The van der Waals surface area contributed by atoms with Gasteiger partial charge in [0.05, 0.1) is 32.8 Å². The van der Waals surface area contributed by atoms with E-state index in [9.17, 15) is 17.6 Å². The van der Waals surface area contributed by atoms with E-state index in [1.165, 1.54) is 21.3 Å². The zero-order valence-electron chi connectivity index (χ0n) is 15.6. The lowest BCUT2D eigenvalue weighted by molar-refractivity contribution is -0.120. The van der Waals surface area contributed by atoms with Gasteiger partial charge in [-0.25, -0.2) is 17.5 Å². The van der Waals surface area contributed by atoms with Gasteiger partial charge < -0.3 is 19.5 Å². The molecule has 0 heterocycles. The Morgan fingerprint density at radius 2 is 1.57 bits per heavy atom. The summed E-state index contributed by atoms with van der Waals surface area (Å²) in [5.74, 6) is 0.194. The summed E-state index contributed by atoms with van der Waals surface area (Å²) in [6, 6.07) is 7.63. The van der Waals surface area contributed by atoms with Crippen molar-refractivity contribution >= 4 is 15.9 Å². The quantitative estimate of drug-likeness (QED) is 0.646. The molecule has 2 aromatic rings. The number of sulfonamides is 1. The number of hydrogen-bond donors (Lipinski definition) is 2. The standard InChI is InChI=1S/C18H21FN2O6S/c1-25-15-8-12(9-16(26-2)18(15)27-3)10-20-17(22)11-21-28(23,24)14-6-4-13(19)5-7-14/h4-9,21H,10-11H2,1-3H3,(H,20,22). The Hall–Kier alpha value is -2.85. The first-order chi connectivity index (χ1) is 13.3. The minimum absolute atomic E-state index is 0.119. The first-order valence-corrected chi connectivity index (χ1v) is 9.60. The molecule has 28 heavy (non-hydrogen) atoms. The fourth-order valence-corrected chi connectivity index (χ4v) is 3.34. The number of hydrogen-bond acceptors (Lipinski definition) is 6. The molecule has 0 unspecified atom stereocenters. The van der Waals surface area contributed by atoms with Gasteiger partial charge >= 0.3 is 0 Å². The topological polar surface area (TPSA) is 103 Å². The molecule has 2 N–H and O–H groups in total. The molecule has 0 saturated heterocycles. The highest BCUT2D eigenvalue weighted by molar-refractivity contribution is 7.89. The lowest BCUT2D eigenvalue weighted by atomic mass is 10.1. The first kappa shape index (κ1) is 21.5. The van der Waals surface area contributed by atoms with E-state index >= 15 is 0 Å². The summed E-state index contributed by atoms with van der Waals surface area (Å²) < 4.78 is 55.0. The largest absolute Gasteiger partial charge is 0.493 e. The van der Waals surface area contributed by atoms with E-state index in [1.807, 2.05) is 0 Å². The molecule has 0 aliphatic carbocycles. The normalized spacial score (nSPS) is 11.0. The van der Waals surface area contributed by atoms with E-state index in [0.29, 0.717) is 22.8 Å². The van der Waals surface area contributed by atoms with Crippen molar-refractivity contribution in [3.05, 3.63) is 47.8 Å². The summed E-state index contributed by atoms with van der Waals surface area (Å²) in [5.41, 5.74) is 0.671. The summed E-state index contributed by atoms with van der Waals surface area (Å²) in [7, 11) is 0.514. The van der Waals surface area contributed by atoms with Crippen LogP contribution in [0.2, 0.25) is 0 Å². The number of rotatable bonds is 9. The van der Waals surface area contributed by atoms with Gasteiger partial charge in [-0.1, -0.05) is 0 Å². The predicted octanol–water partition coefficient (Wildman–Crippen LogP) is 1.45. The second-order valence-corrected chi connectivity index (χ2v) is 7.36. The molecule has 152 valence electrons. The maximum absolute atomic E-state index is 12.9. The van der Waals surface area contributed by atoms with Crippen molar-refractivity contribution in [1.29, 1.82) is 0 Å². The Kier molecular flexibility index (Phi) is 7.18. The Bertz CT molecular complexity index is 907. The molecule has 2 aromatic carbocycles. The summed E-state index contributed by atoms with van der Waals surface area (Å²) in [6.45, 7) is -0.349. The van der Waals surface area contributed by atoms with Gasteiger partial charge in [0.1, 0.15) is 5.82 Å². The molecule has 0 atom stereocenters. The average molecular weight is 412 g/mol. The first-order valence-electron chi connectivity index (χ1n) is 8.11. The second kappa shape index (κ2) is 9.38. The molecule has 0 spiro atoms. The maximum Gasteiger partial charge on any atom is 0.241 e. The van der Waals surface area contributed by atoms with Crippen molar-refractivity contribution in [1.82, 2.24) is 10.0 Å². The molecule has 10 heteroatoms. The van der Waals surface area contributed by atoms with Crippen molar-refractivity contribution < 1.29 is 31.8 Å². The third-order valence-electron chi connectivity index (χ3n) is 3.76. The van der Waals surface area contributed by atoms with Gasteiger partial charge in [-0.05, 0) is 42.0 Å². The molecule has 0 aliphatic rings. The van der Waals surface area contributed by atoms with Gasteiger partial charge in [-0.2, -0.15) is 0 Å². The number of ether oxygens (including phenoxy) is 3. The van der Waals surface area contributed by atoms with E-state index in [0.717, 1.165) is 24.3 Å². The Balaban J connectivity index is 1.98. The fourth-order valence-electron chi connectivity index (χ4n) is 2.36. The molecule has 0 aliphatic heterocycles. The van der Waals surface area contributed by atoms with E-state index in [-0.39, 0.29) is 11.4 Å². The van der Waals surface area contributed by atoms with Crippen LogP contribution in [0.15, 0.2) is 41.3 Å². The van der Waals surface area contributed by atoms with Crippen LogP contribution < -0.4 is 24.2 Å². The van der Waals surface area contributed by atoms with E-state index in [1.54, 1.807) is 12.1 Å². The number of nitrogens with one attached hydrogen (secondary N) is 2. The number of amides is 1.